The number of rotatable bonds is 5. The van der Waals surface area contributed by atoms with Gasteiger partial charge in [0.15, 0.2) is 0 Å². The largest absolute Gasteiger partial charge is 0.310 e. The first-order chi connectivity index (χ1) is 8.85. The first-order valence-electron chi connectivity index (χ1n) is 7.63. The van der Waals surface area contributed by atoms with Gasteiger partial charge in [-0.15, -0.1) is 0 Å². The predicted octanol–water partition coefficient (Wildman–Crippen LogP) is 4.55. The molecule has 18 heavy (non-hydrogen) atoms. The van der Waals surface area contributed by atoms with E-state index in [4.69, 9.17) is 0 Å². The average molecular weight is 245 g/mol. The normalized spacial score (nSPS) is 25.9. The molecule has 0 radical (unpaired) electrons. The Kier molecular flexibility index (Phi) is 5.25. The zero-order valence-corrected chi connectivity index (χ0v) is 11.9. The smallest absolute Gasteiger partial charge is 0.0348 e. The van der Waals surface area contributed by atoms with Gasteiger partial charge in [-0.05, 0) is 36.8 Å². The molecule has 3 atom stereocenters. The van der Waals surface area contributed by atoms with Crippen LogP contribution in [0, 0.1) is 11.8 Å². The maximum Gasteiger partial charge on any atom is 0.0348 e. The second-order valence-corrected chi connectivity index (χ2v) is 5.65. The van der Waals surface area contributed by atoms with E-state index < -0.39 is 0 Å². The lowest BCUT2D eigenvalue weighted by atomic mass is 9.75. The predicted molar refractivity (Wildman–Crippen MR) is 78.6 cm³/mol. The Morgan fingerprint density at radius 3 is 2.61 bits per heavy atom. The van der Waals surface area contributed by atoms with Gasteiger partial charge in [-0.3, -0.25) is 0 Å². The number of nitrogens with one attached hydrogen (secondary N) is 1. The van der Waals surface area contributed by atoms with Crippen molar-refractivity contribution in [1.82, 2.24) is 5.32 Å². The molecule has 0 amide bonds. The zero-order valence-electron chi connectivity index (χ0n) is 11.9. The molecule has 100 valence electrons. The quantitative estimate of drug-likeness (QED) is 0.802. The number of hydrogen-bond acceptors (Lipinski definition) is 1. The van der Waals surface area contributed by atoms with Gasteiger partial charge < -0.3 is 5.32 Å². The summed E-state index contributed by atoms with van der Waals surface area (Å²) >= 11 is 0. The molecule has 0 spiro atoms. The molecular weight excluding hydrogens is 218 g/mol. The Morgan fingerprint density at radius 1 is 1.17 bits per heavy atom. The summed E-state index contributed by atoms with van der Waals surface area (Å²) in [4.78, 5) is 0. The highest BCUT2D eigenvalue weighted by atomic mass is 14.9. The van der Waals surface area contributed by atoms with Crippen molar-refractivity contribution in [2.75, 3.05) is 6.54 Å². The fourth-order valence-electron chi connectivity index (χ4n) is 3.44. The average Bonchev–Trinajstić information content (AvgIpc) is 2.46. The number of hydrogen-bond donors (Lipinski definition) is 1. The van der Waals surface area contributed by atoms with Gasteiger partial charge in [0, 0.05) is 6.04 Å². The Morgan fingerprint density at radius 2 is 1.94 bits per heavy atom. The summed E-state index contributed by atoms with van der Waals surface area (Å²) in [5.41, 5.74) is 1.47. The van der Waals surface area contributed by atoms with E-state index in [1.54, 1.807) is 0 Å². The third-order valence-electron chi connectivity index (χ3n) is 4.45. The molecule has 1 aromatic carbocycles. The molecular formula is C17H27N. The minimum atomic E-state index is 0.561. The monoisotopic (exact) mass is 245 g/mol. The molecule has 1 heteroatoms. The van der Waals surface area contributed by atoms with Crippen LogP contribution in [0.3, 0.4) is 0 Å². The summed E-state index contributed by atoms with van der Waals surface area (Å²) in [6.45, 7) is 5.63. The van der Waals surface area contributed by atoms with Crippen LogP contribution in [-0.2, 0) is 0 Å². The summed E-state index contributed by atoms with van der Waals surface area (Å²) in [7, 11) is 0. The maximum absolute atomic E-state index is 3.71. The van der Waals surface area contributed by atoms with Gasteiger partial charge in [0.2, 0.25) is 0 Å². The Hall–Kier alpha value is -0.820. The van der Waals surface area contributed by atoms with Crippen LogP contribution in [0.1, 0.15) is 57.6 Å². The Balaban J connectivity index is 2.09. The van der Waals surface area contributed by atoms with Crippen LogP contribution in [0.2, 0.25) is 0 Å². The van der Waals surface area contributed by atoms with Gasteiger partial charge in [0.05, 0.1) is 0 Å². The van der Waals surface area contributed by atoms with Gasteiger partial charge in [-0.1, -0.05) is 63.4 Å². The van der Waals surface area contributed by atoms with E-state index in [0.29, 0.717) is 6.04 Å². The molecule has 1 aliphatic rings. The van der Waals surface area contributed by atoms with E-state index in [9.17, 15) is 0 Å². The molecule has 1 N–H and O–H groups in total. The van der Waals surface area contributed by atoms with Crippen molar-refractivity contribution in [3.63, 3.8) is 0 Å². The van der Waals surface area contributed by atoms with Gasteiger partial charge in [0.25, 0.3) is 0 Å². The summed E-state index contributed by atoms with van der Waals surface area (Å²) < 4.78 is 0. The lowest BCUT2D eigenvalue weighted by molar-refractivity contribution is 0.210. The third-order valence-corrected chi connectivity index (χ3v) is 4.45. The van der Waals surface area contributed by atoms with Crippen LogP contribution in [0.15, 0.2) is 30.3 Å². The molecule has 0 aromatic heterocycles. The van der Waals surface area contributed by atoms with E-state index in [1.807, 2.05) is 0 Å². The molecule has 0 saturated heterocycles. The van der Waals surface area contributed by atoms with Crippen molar-refractivity contribution >= 4 is 0 Å². The highest BCUT2D eigenvalue weighted by molar-refractivity contribution is 5.20. The first kappa shape index (κ1) is 13.6. The molecule has 1 nitrogen and oxygen atoms in total. The van der Waals surface area contributed by atoms with Crippen molar-refractivity contribution in [2.45, 2.75) is 52.0 Å². The first-order valence-corrected chi connectivity index (χ1v) is 7.63. The molecule has 0 aliphatic heterocycles. The van der Waals surface area contributed by atoms with Gasteiger partial charge in [-0.25, -0.2) is 0 Å². The summed E-state index contributed by atoms with van der Waals surface area (Å²) in [6.07, 6.45) is 7.01. The molecule has 0 bridgehead atoms. The summed E-state index contributed by atoms with van der Waals surface area (Å²) in [5, 5.41) is 3.71. The minimum absolute atomic E-state index is 0.561. The highest BCUT2D eigenvalue weighted by Gasteiger charge is 2.28. The second kappa shape index (κ2) is 6.94. The Bertz CT molecular complexity index is 333. The lowest BCUT2D eigenvalue weighted by Crippen LogP contribution is -2.31. The summed E-state index contributed by atoms with van der Waals surface area (Å²) in [5.74, 6) is 1.78. The fraction of sp³-hybridized carbons (Fsp3) is 0.647. The SMILES string of the molecule is CCNC(c1ccccc1)C1CCCC(CC)C1. The van der Waals surface area contributed by atoms with E-state index in [0.717, 1.165) is 18.4 Å². The molecule has 1 aromatic rings. The lowest BCUT2D eigenvalue weighted by Gasteiger charge is -2.35. The van der Waals surface area contributed by atoms with Crippen molar-refractivity contribution in [3.8, 4) is 0 Å². The Labute approximate surface area is 112 Å². The molecule has 1 saturated carbocycles. The molecule has 2 rings (SSSR count). The van der Waals surface area contributed by atoms with E-state index >= 15 is 0 Å². The van der Waals surface area contributed by atoms with E-state index in [2.05, 4.69) is 49.5 Å². The van der Waals surface area contributed by atoms with Crippen molar-refractivity contribution in [3.05, 3.63) is 35.9 Å². The van der Waals surface area contributed by atoms with Crippen LogP contribution in [0.25, 0.3) is 0 Å². The third kappa shape index (κ3) is 3.35. The van der Waals surface area contributed by atoms with Crippen LogP contribution >= 0.6 is 0 Å². The zero-order chi connectivity index (χ0) is 12.8. The van der Waals surface area contributed by atoms with Crippen LogP contribution in [0.4, 0.5) is 0 Å². The minimum Gasteiger partial charge on any atom is -0.310 e. The fourth-order valence-corrected chi connectivity index (χ4v) is 3.44. The van der Waals surface area contributed by atoms with Crippen molar-refractivity contribution in [1.29, 1.82) is 0 Å². The second-order valence-electron chi connectivity index (χ2n) is 5.65. The van der Waals surface area contributed by atoms with Gasteiger partial charge >= 0.3 is 0 Å². The molecule has 1 fully saturated rings. The molecule has 1 aliphatic carbocycles. The van der Waals surface area contributed by atoms with Crippen molar-refractivity contribution in [2.24, 2.45) is 11.8 Å². The number of benzene rings is 1. The maximum atomic E-state index is 3.71. The van der Waals surface area contributed by atoms with Gasteiger partial charge in [0.1, 0.15) is 0 Å². The van der Waals surface area contributed by atoms with Crippen LogP contribution in [-0.4, -0.2) is 6.54 Å². The molecule has 0 heterocycles. The summed E-state index contributed by atoms with van der Waals surface area (Å²) in [6, 6.07) is 11.6. The van der Waals surface area contributed by atoms with Crippen molar-refractivity contribution < 1.29 is 0 Å². The molecule has 3 unspecified atom stereocenters. The van der Waals surface area contributed by atoms with E-state index in [-0.39, 0.29) is 0 Å². The van der Waals surface area contributed by atoms with Gasteiger partial charge in [-0.2, -0.15) is 0 Å². The van der Waals surface area contributed by atoms with Crippen LogP contribution in [0.5, 0.6) is 0 Å². The van der Waals surface area contributed by atoms with E-state index in [1.165, 1.54) is 37.7 Å². The standard InChI is InChI=1S/C17H27N/c1-3-14-9-8-12-16(13-14)17(18-4-2)15-10-6-5-7-11-15/h5-7,10-11,14,16-18H,3-4,8-9,12-13H2,1-2H3. The topological polar surface area (TPSA) is 12.0 Å². The highest BCUT2D eigenvalue weighted by Crippen LogP contribution is 2.38. The van der Waals surface area contributed by atoms with Crippen LogP contribution < -0.4 is 5.32 Å².